The minimum atomic E-state index is -4.40. The molecule has 0 radical (unpaired) electrons. The lowest BCUT2D eigenvalue weighted by Crippen LogP contribution is -2.22. The van der Waals surface area contributed by atoms with Crippen molar-refractivity contribution in [1.29, 1.82) is 0 Å². The molecule has 2 aromatic heterocycles. The lowest BCUT2D eigenvalue weighted by molar-refractivity contribution is -0.137. The smallest absolute Gasteiger partial charge is 0.325 e. The fourth-order valence-electron chi connectivity index (χ4n) is 2.10. The van der Waals surface area contributed by atoms with Crippen LogP contribution in [0, 0.1) is 0 Å². The molecule has 0 aliphatic heterocycles. The molecule has 25 heavy (non-hydrogen) atoms. The van der Waals surface area contributed by atoms with Crippen LogP contribution in [0.4, 0.5) is 18.9 Å². The number of carbonyl (C=O) groups is 1. The highest BCUT2D eigenvalue weighted by atomic mass is 32.2. The molecule has 1 N–H and O–H groups in total. The van der Waals surface area contributed by atoms with E-state index in [2.05, 4.69) is 15.5 Å². The van der Waals surface area contributed by atoms with E-state index in [0.717, 1.165) is 12.1 Å². The van der Waals surface area contributed by atoms with E-state index in [0.29, 0.717) is 16.5 Å². The van der Waals surface area contributed by atoms with Crippen LogP contribution in [-0.2, 0) is 11.0 Å². The van der Waals surface area contributed by atoms with Gasteiger partial charge in [-0.15, -0.1) is 10.2 Å². The Labute approximate surface area is 145 Å². The number of nitrogens with zero attached hydrogens (tertiary/aromatic N) is 3. The molecule has 0 aliphatic carbocycles. The average Bonchev–Trinajstić information content (AvgIpc) is 2.97. The Hall–Kier alpha value is -2.55. The van der Waals surface area contributed by atoms with Gasteiger partial charge in [0.15, 0.2) is 10.8 Å². The van der Waals surface area contributed by atoms with Crippen molar-refractivity contribution >= 4 is 29.0 Å². The van der Waals surface area contributed by atoms with E-state index >= 15 is 0 Å². The first-order valence-corrected chi connectivity index (χ1v) is 8.17. The number of thioether (sulfide) groups is 1. The summed E-state index contributed by atoms with van der Waals surface area (Å²) in [6.07, 6.45) is -2.61. The Morgan fingerprint density at radius 2 is 1.88 bits per heavy atom. The lowest BCUT2D eigenvalue weighted by atomic mass is 10.2. The molecule has 1 atom stereocenters. The number of pyridine rings is 1. The van der Waals surface area contributed by atoms with Crippen LogP contribution in [0.15, 0.2) is 53.8 Å². The van der Waals surface area contributed by atoms with Crippen molar-refractivity contribution in [1.82, 2.24) is 14.6 Å². The molecular weight excluding hydrogens is 353 g/mol. The summed E-state index contributed by atoms with van der Waals surface area (Å²) in [5.41, 5.74) is 0.208. The number of hydrogen-bond acceptors (Lipinski definition) is 4. The van der Waals surface area contributed by atoms with Gasteiger partial charge in [-0.2, -0.15) is 13.2 Å². The zero-order valence-electron chi connectivity index (χ0n) is 13.0. The summed E-state index contributed by atoms with van der Waals surface area (Å²) >= 11 is 1.21. The number of fused-ring (bicyclic) bond motifs is 1. The molecule has 0 bridgehead atoms. The van der Waals surface area contributed by atoms with Crippen LogP contribution in [0.25, 0.3) is 5.65 Å². The van der Waals surface area contributed by atoms with E-state index in [1.54, 1.807) is 23.6 Å². The molecule has 2 heterocycles. The van der Waals surface area contributed by atoms with E-state index in [-0.39, 0.29) is 5.91 Å². The number of halogens is 3. The Morgan fingerprint density at radius 3 is 2.56 bits per heavy atom. The van der Waals surface area contributed by atoms with Gasteiger partial charge in [0.25, 0.3) is 0 Å². The van der Waals surface area contributed by atoms with Crippen molar-refractivity contribution < 1.29 is 18.0 Å². The number of benzene rings is 1. The highest BCUT2D eigenvalue weighted by Crippen LogP contribution is 2.30. The summed E-state index contributed by atoms with van der Waals surface area (Å²) in [5, 5.41) is 10.7. The zero-order valence-corrected chi connectivity index (χ0v) is 13.8. The van der Waals surface area contributed by atoms with Crippen molar-refractivity contribution in [2.24, 2.45) is 0 Å². The Morgan fingerprint density at radius 1 is 1.16 bits per heavy atom. The first kappa shape index (κ1) is 17.3. The van der Waals surface area contributed by atoms with Crippen molar-refractivity contribution in [2.75, 3.05) is 5.32 Å². The predicted octanol–water partition coefficient (Wildman–Crippen LogP) is 3.87. The third kappa shape index (κ3) is 3.93. The summed E-state index contributed by atoms with van der Waals surface area (Å²) in [6.45, 7) is 1.69. The SMILES string of the molecule is CC(Sc1nnc2ccccn12)C(=O)Nc1ccc(C(F)(F)F)cc1. The van der Waals surface area contributed by atoms with Crippen LogP contribution in [0.5, 0.6) is 0 Å². The van der Waals surface area contributed by atoms with Gasteiger partial charge in [0, 0.05) is 11.9 Å². The maximum absolute atomic E-state index is 12.5. The number of carbonyl (C=O) groups excluding carboxylic acids is 1. The van der Waals surface area contributed by atoms with Gasteiger partial charge in [-0.05, 0) is 43.3 Å². The molecule has 0 aliphatic rings. The topological polar surface area (TPSA) is 59.3 Å². The Kier molecular flexibility index (Phi) is 4.67. The third-order valence-electron chi connectivity index (χ3n) is 3.41. The predicted molar refractivity (Wildman–Crippen MR) is 88.4 cm³/mol. The van der Waals surface area contributed by atoms with Gasteiger partial charge < -0.3 is 5.32 Å². The molecule has 3 rings (SSSR count). The van der Waals surface area contributed by atoms with Gasteiger partial charge in [0.1, 0.15) is 0 Å². The minimum absolute atomic E-state index is 0.302. The maximum atomic E-state index is 12.5. The quantitative estimate of drug-likeness (QED) is 0.712. The Bertz CT molecular complexity index is 892. The number of hydrogen-bond donors (Lipinski definition) is 1. The van der Waals surface area contributed by atoms with Gasteiger partial charge >= 0.3 is 6.18 Å². The molecule has 9 heteroatoms. The van der Waals surface area contributed by atoms with Crippen LogP contribution in [-0.4, -0.2) is 25.8 Å². The summed E-state index contributed by atoms with van der Waals surface area (Å²) in [5.74, 6) is -0.336. The summed E-state index contributed by atoms with van der Waals surface area (Å²) in [6, 6.07) is 9.77. The highest BCUT2D eigenvalue weighted by Gasteiger charge is 2.30. The molecule has 1 unspecified atom stereocenters. The van der Waals surface area contributed by atoms with Gasteiger partial charge in [0.2, 0.25) is 5.91 Å². The largest absolute Gasteiger partial charge is 0.416 e. The molecule has 0 saturated heterocycles. The van der Waals surface area contributed by atoms with E-state index in [9.17, 15) is 18.0 Å². The molecule has 5 nitrogen and oxygen atoms in total. The number of aromatic nitrogens is 3. The molecule has 130 valence electrons. The number of rotatable bonds is 4. The number of anilines is 1. The first-order valence-electron chi connectivity index (χ1n) is 7.29. The molecule has 1 aromatic carbocycles. The van der Waals surface area contributed by atoms with Crippen LogP contribution in [0.1, 0.15) is 12.5 Å². The number of nitrogens with one attached hydrogen (secondary N) is 1. The fraction of sp³-hybridized carbons (Fsp3) is 0.188. The summed E-state index contributed by atoms with van der Waals surface area (Å²) < 4.78 is 39.4. The summed E-state index contributed by atoms with van der Waals surface area (Å²) in [4.78, 5) is 12.2. The van der Waals surface area contributed by atoms with Gasteiger partial charge in [0.05, 0.1) is 10.8 Å². The minimum Gasteiger partial charge on any atom is -0.325 e. The molecule has 0 fully saturated rings. The molecular formula is C16H13F3N4OS. The third-order valence-corrected chi connectivity index (χ3v) is 4.47. The van der Waals surface area contributed by atoms with Crippen LogP contribution in [0.2, 0.25) is 0 Å². The molecule has 3 aromatic rings. The maximum Gasteiger partial charge on any atom is 0.416 e. The van der Waals surface area contributed by atoms with Crippen molar-refractivity contribution in [3.8, 4) is 0 Å². The first-order chi connectivity index (χ1) is 11.8. The standard InChI is InChI=1S/C16H13F3N4OS/c1-10(25-15-22-21-13-4-2-3-9-23(13)15)14(24)20-12-7-5-11(6-8-12)16(17,18)19/h2-10H,1H3,(H,20,24). The summed E-state index contributed by atoms with van der Waals surface area (Å²) in [7, 11) is 0. The molecule has 1 amide bonds. The van der Waals surface area contributed by atoms with Gasteiger partial charge in [-0.1, -0.05) is 17.8 Å². The van der Waals surface area contributed by atoms with Crippen molar-refractivity contribution in [3.05, 3.63) is 54.2 Å². The Balaban J connectivity index is 1.66. The van der Waals surface area contributed by atoms with E-state index in [1.165, 1.54) is 23.9 Å². The molecule has 0 spiro atoms. The zero-order chi connectivity index (χ0) is 18.0. The lowest BCUT2D eigenvalue weighted by Gasteiger charge is -2.12. The van der Waals surface area contributed by atoms with E-state index < -0.39 is 17.0 Å². The fourth-order valence-corrected chi connectivity index (χ4v) is 2.94. The van der Waals surface area contributed by atoms with E-state index in [4.69, 9.17) is 0 Å². The van der Waals surface area contributed by atoms with Crippen molar-refractivity contribution in [3.63, 3.8) is 0 Å². The monoisotopic (exact) mass is 366 g/mol. The average molecular weight is 366 g/mol. The molecule has 0 saturated carbocycles. The van der Waals surface area contributed by atoms with Gasteiger partial charge in [-0.25, -0.2) is 0 Å². The normalized spacial score (nSPS) is 13.0. The highest BCUT2D eigenvalue weighted by molar-refractivity contribution is 8.00. The van der Waals surface area contributed by atoms with E-state index in [1.807, 2.05) is 12.1 Å². The van der Waals surface area contributed by atoms with Gasteiger partial charge in [-0.3, -0.25) is 9.20 Å². The number of alkyl halides is 3. The second-order valence-corrected chi connectivity index (χ2v) is 6.54. The second-order valence-electron chi connectivity index (χ2n) is 5.24. The van der Waals surface area contributed by atoms with Crippen molar-refractivity contribution in [2.45, 2.75) is 23.5 Å². The van der Waals surface area contributed by atoms with Crippen LogP contribution < -0.4 is 5.32 Å². The van der Waals surface area contributed by atoms with Crippen LogP contribution in [0.3, 0.4) is 0 Å². The number of amides is 1. The second kappa shape index (κ2) is 6.75. The van der Waals surface area contributed by atoms with Crippen LogP contribution >= 0.6 is 11.8 Å².